The van der Waals surface area contributed by atoms with Crippen LogP contribution < -0.4 is 10.1 Å². The summed E-state index contributed by atoms with van der Waals surface area (Å²) in [6, 6.07) is 11.5. The molecule has 4 nitrogen and oxygen atoms in total. The van der Waals surface area contributed by atoms with Gasteiger partial charge < -0.3 is 10.1 Å². The minimum Gasteiger partial charge on any atom is -0.421 e. The van der Waals surface area contributed by atoms with Crippen molar-refractivity contribution in [2.75, 3.05) is 0 Å². The highest BCUT2D eigenvalue weighted by atomic mass is 35.5. The summed E-state index contributed by atoms with van der Waals surface area (Å²) >= 11 is 11.8. The van der Waals surface area contributed by atoms with Crippen molar-refractivity contribution in [3.8, 4) is 5.75 Å². The van der Waals surface area contributed by atoms with Gasteiger partial charge in [0.1, 0.15) is 5.02 Å². The smallest absolute Gasteiger partial charge is 0.343 e. The molecule has 0 saturated heterocycles. The van der Waals surface area contributed by atoms with Crippen LogP contribution in [0.2, 0.25) is 10.0 Å². The van der Waals surface area contributed by atoms with E-state index in [0.29, 0.717) is 17.1 Å². The second-order valence-electron chi connectivity index (χ2n) is 4.56. The van der Waals surface area contributed by atoms with Gasteiger partial charge in [0.25, 0.3) is 0 Å². The lowest BCUT2D eigenvalue weighted by molar-refractivity contribution is -0.116. The molecule has 2 aromatic carbocycles. The van der Waals surface area contributed by atoms with Crippen LogP contribution in [0.4, 0.5) is 0 Å². The number of esters is 1. The van der Waals surface area contributed by atoms with E-state index in [-0.39, 0.29) is 16.7 Å². The maximum absolute atomic E-state index is 12.1. The first-order valence-corrected chi connectivity index (χ1v) is 7.42. The molecule has 0 spiro atoms. The molecule has 0 bridgehead atoms. The molecule has 1 amide bonds. The summed E-state index contributed by atoms with van der Waals surface area (Å²) in [4.78, 5) is 23.2. The van der Waals surface area contributed by atoms with Crippen LogP contribution in [0.5, 0.6) is 5.75 Å². The van der Waals surface area contributed by atoms with E-state index in [9.17, 15) is 9.59 Å². The Bertz CT molecular complexity index is 742. The minimum atomic E-state index is -0.546. The van der Waals surface area contributed by atoms with Crippen LogP contribution >= 0.6 is 23.2 Å². The summed E-state index contributed by atoms with van der Waals surface area (Å²) in [5, 5.41) is 3.14. The predicted molar refractivity (Wildman–Crippen MR) is 89.9 cm³/mol. The van der Waals surface area contributed by atoms with Crippen LogP contribution in [-0.2, 0) is 11.3 Å². The summed E-state index contributed by atoms with van der Waals surface area (Å²) in [6.45, 7) is 3.72. The summed E-state index contributed by atoms with van der Waals surface area (Å²) in [5.41, 5.74) is 1.21. The monoisotopic (exact) mass is 349 g/mol. The summed E-state index contributed by atoms with van der Waals surface area (Å²) in [7, 11) is 0. The van der Waals surface area contributed by atoms with Crippen molar-refractivity contribution in [1.29, 1.82) is 0 Å². The number of hydrogen-bond donors (Lipinski definition) is 1. The standard InChI is InChI=1S/C17H13Cl2NO3/c1-2-15(21)20-10-11-6-8-12(9-7-11)17(22)23-14-5-3-4-13(18)16(14)19/h2-9H,1,10H2,(H,20,21). The highest BCUT2D eigenvalue weighted by molar-refractivity contribution is 6.43. The first kappa shape index (κ1) is 17.1. The van der Waals surface area contributed by atoms with Crippen LogP contribution in [0.1, 0.15) is 15.9 Å². The topological polar surface area (TPSA) is 55.4 Å². The van der Waals surface area contributed by atoms with Gasteiger partial charge in [-0.25, -0.2) is 4.79 Å². The second-order valence-corrected chi connectivity index (χ2v) is 5.35. The summed E-state index contributed by atoms with van der Waals surface area (Å²) in [6.07, 6.45) is 1.19. The fourth-order valence-electron chi connectivity index (χ4n) is 1.74. The van der Waals surface area contributed by atoms with Gasteiger partial charge in [-0.3, -0.25) is 4.79 Å². The molecule has 6 heteroatoms. The Morgan fingerprint density at radius 1 is 1.13 bits per heavy atom. The molecule has 118 valence electrons. The van der Waals surface area contributed by atoms with Crippen molar-refractivity contribution in [3.63, 3.8) is 0 Å². The molecule has 0 radical (unpaired) electrons. The van der Waals surface area contributed by atoms with E-state index in [1.165, 1.54) is 6.08 Å². The molecule has 0 saturated carbocycles. The number of hydrogen-bond acceptors (Lipinski definition) is 3. The molecule has 0 aliphatic heterocycles. The summed E-state index contributed by atoms with van der Waals surface area (Å²) in [5.74, 6) is -0.605. The van der Waals surface area contributed by atoms with E-state index >= 15 is 0 Å². The van der Waals surface area contributed by atoms with Crippen LogP contribution in [0.15, 0.2) is 55.1 Å². The molecule has 2 rings (SSSR count). The number of rotatable bonds is 5. The average molecular weight is 350 g/mol. The van der Waals surface area contributed by atoms with Crippen molar-refractivity contribution in [1.82, 2.24) is 5.32 Å². The van der Waals surface area contributed by atoms with Gasteiger partial charge in [-0.15, -0.1) is 0 Å². The lowest BCUT2D eigenvalue weighted by Gasteiger charge is -2.08. The highest BCUT2D eigenvalue weighted by Gasteiger charge is 2.12. The van der Waals surface area contributed by atoms with Gasteiger partial charge in [0.15, 0.2) is 5.75 Å². The van der Waals surface area contributed by atoms with E-state index in [4.69, 9.17) is 27.9 Å². The van der Waals surface area contributed by atoms with Crippen molar-refractivity contribution in [3.05, 3.63) is 76.3 Å². The average Bonchev–Trinajstić information content (AvgIpc) is 2.57. The van der Waals surface area contributed by atoms with Gasteiger partial charge in [0, 0.05) is 6.54 Å². The third-order valence-corrected chi connectivity index (χ3v) is 3.76. The van der Waals surface area contributed by atoms with Crippen LogP contribution in [0, 0.1) is 0 Å². The molecular formula is C17H13Cl2NO3. The largest absolute Gasteiger partial charge is 0.421 e. The summed E-state index contributed by atoms with van der Waals surface area (Å²) < 4.78 is 5.23. The Balaban J connectivity index is 2.04. The Morgan fingerprint density at radius 2 is 1.83 bits per heavy atom. The van der Waals surface area contributed by atoms with E-state index in [2.05, 4.69) is 11.9 Å². The fourth-order valence-corrected chi connectivity index (χ4v) is 2.07. The lowest BCUT2D eigenvalue weighted by atomic mass is 10.1. The van der Waals surface area contributed by atoms with E-state index in [0.717, 1.165) is 5.56 Å². The van der Waals surface area contributed by atoms with Gasteiger partial charge in [-0.05, 0) is 35.9 Å². The van der Waals surface area contributed by atoms with E-state index in [1.54, 1.807) is 42.5 Å². The number of ether oxygens (including phenoxy) is 1. The number of halogens is 2. The van der Waals surface area contributed by atoms with Crippen molar-refractivity contribution >= 4 is 35.1 Å². The van der Waals surface area contributed by atoms with E-state index in [1.807, 2.05) is 0 Å². The normalized spacial score (nSPS) is 10.0. The first-order valence-electron chi connectivity index (χ1n) is 6.66. The van der Waals surface area contributed by atoms with Gasteiger partial charge >= 0.3 is 5.97 Å². The number of amides is 1. The van der Waals surface area contributed by atoms with Crippen molar-refractivity contribution < 1.29 is 14.3 Å². The second kappa shape index (κ2) is 7.81. The quantitative estimate of drug-likeness (QED) is 0.504. The predicted octanol–water partition coefficient (Wildman–Crippen LogP) is 4.01. The minimum absolute atomic E-state index is 0.186. The number of carbonyl (C=O) groups is 2. The van der Waals surface area contributed by atoms with Crippen LogP contribution in [-0.4, -0.2) is 11.9 Å². The molecule has 0 heterocycles. The van der Waals surface area contributed by atoms with Gasteiger partial charge in [0.2, 0.25) is 5.91 Å². The van der Waals surface area contributed by atoms with Crippen molar-refractivity contribution in [2.24, 2.45) is 0 Å². The highest BCUT2D eigenvalue weighted by Crippen LogP contribution is 2.31. The zero-order chi connectivity index (χ0) is 16.8. The van der Waals surface area contributed by atoms with E-state index < -0.39 is 5.97 Å². The SMILES string of the molecule is C=CC(=O)NCc1ccc(C(=O)Oc2cccc(Cl)c2Cl)cc1. The number of nitrogens with one attached hydrogen (secondary N) is 1. The van der Waals surface area contributed by atoms with Gasteiger partial charge in [-0.1, -0.05) is 48.0 Å². The molecular weight excluding hydrogens is 337 g/mol. The zero-order valence-corrected chi connectivity index (χ0v) is 13.5. The van der Waals surface area contributed by atoms with Crippen LogP contribution in [0.25, 0.3) is 0 Å². The van der Waals surface area contributed by atoms with Gasteiger partial charge in [-0.2, -0.15) is 0 Å². The maximum Gasteiger partial charge on any atom is 0.343 e. The van der Waals surface area contributed by atoms with Gasteiger partial charge in [0.05, 0.1) is 10.6 Å². The molecule has 0 atom stereocenters. The maximum atomic E-state index is 12.1. The van der Waals surface area contributed by atoms with Crippen molar-refractivity contribution in [2.45, 2.75) is 6.54 Å². The zero-order valence-electron chi connectivity index (χ0n) is 12.0. The number of carbonyl (C=O) groups excluding carboxylic acids is 2. The Labute approximate surface area is 143 Å². The lowest BCUT2D eigenvalue weighted by Crippen LogP contribution is -2.20. The fraction of sp³-hybridized carbons (Fsp3) is 0.0588. The molecule has 1 N–H and O–H groups in total. The third-order valence-electron chi connectivity index (χ3n) is 2.96. The molecule has 23 heavy (non-hydrogen) atoms. The number of benzene rings is 2. The molecule has 2 aromatic rings. The Kier molecular flexibility index (Phi) is 5.79. The van der Waals surface area contributed by atoms with Crippen LogP contribution in [0.3, 0.4) is 0 Å². The molecule has 0 unspecified atom stereocenters. The first-order chi connectivity index (χ1) is 11.0. The Hall–Kier alpha value is -2.30. The molecule has 0 aromatic heterocycles. The molecule has 0 aliphatic carbocycles. The Morgan fingerprint density at radius 3 is 2.48 bits per heavy atom. The molecule has 0 aliphatic rings. The molecule has 0 fully saturated rings. The third kappa shape index (κ3) is 4.58.